The highest BCUT2D eigenvalue weighted by molar-refractivity contribution is 7.80. The number of aromatic amines is 1. The Balaban J connectivity index is 1.48. The van der Waals surface area contributed by atoms with Crippen molar-refractivity contribution >= 4 is 40.3 Å². The number of benzene rings is 2. The van der Waals surface area contributed by atoms with Crippen LogP contribution in [0.15, 0.2) is 61.1 Å². The van der Waals surface area contributed by atoms with Crippen LogP contribution in [0.4, 0.5) is 17.1 Å². The number of hydrogen-bond acceptors (Lipinski definition) is 6. The molecule has 11 heteroatoms. The van der Waals surface area contributed by atoms with Crippen molar-refractivity contribution in [3.63, 3.8) is 0 Å². The van der Waals surface area contributed by atoms with Gasteiger partial charge in [-0.3, -0.25) is 14.9 Å². The molecule has 0 saturated carbocycles. The summed E-state index contributed by atoms with van der Waals surface area (Å²) in [4.78, 5) is 37.1. The Hall–Kier alpha value is -3.99. The van der Waals surface area contributed by atoms with E-state index in [9.17, 15) is 14.9 Å². The number of imidazole rings is 1. The van der Waals surface area contributed by atoms with E-state index >= 15 is 0 Å². The van der Waals surface area contributed by atoms with Gasteiger partial charge in [-0.15, -0.1) is 0 Å². The van der Waals surface area contributed by atoms with Crippen molar-refractivity contribution in [1.82, 2.24) is 20.2 Å². The van der Waals surface area contributed by atoms with Gasteiger partial charge in [0.2, 0.25) is 0 Å². The standard InChI is InChI=1S/C25H29N7O3S/c1-2-11-27-25(36)30-14-12-29(13-15-30)21-7-9-22(10-8-21)31(17-20-16-26-18-28-20)24(33)19-3-5-23(6-4-19)32(34)35/h3-10,16,18H,2,11-15,17H2,1H3,(H,26,28)(H,27,36). The van der Waals surface area contributed by atoms with Gasteiger partial charge in [-0.05, 0) is 55.0 Å². The normalized spacial score (nSPS) is 13.4. The predicted octanol–water partition coefficient (Wildman–Crippen LogP) is 3.57. The number of nitrogens with one attached hydrogen (secondary N) is 2. The minimum atomic E-state index is -0.482. The molecule has 1 aromatic heterocycles. The Labute approximate surface area is 215 Å². The zero-order valence-electron chi connectivity index (χ0n) is 20.1. The van der Waals surface area contributed by atoms with Crippen LogP contribution in [0.1, 0.15) is 29.4 Å². The third-order valence-electron chi connectivity index (χ3n) is 6.07. The van der Waals surface area contributed by atoms with E-state index in [1.54, 1.807) is 17.4 Å². The molecule has 3 aromatic rings. The van der Waals surface area contributed by atoms with Gasteiger partial charge in [0, 0.05) is 68.0 Å². The maximum absolute atomic E-state index is 13.4. The summed E-state index contributed by atoms with van der Waals surface area (Å²) in [5.41, 5.74) is 2.89. The molecule has 1 saturated heterocycles. The van der Waals surface area contributed by atoms with E-state index in [0.717, 1.165) is 61.3 Å². The van der Waals surface area contributed by atoms with Gasteiger partial charge < -0.3 is 25.0 Å². The maximum atomic E-state index is 13.4. The first-order valence-electron chi connectivity index (χ1n) is 11.9. The first kappa shape index (κ1) is 25.1. The summed E-state index contributed by atoms with van der Waals surface area (Å²) in [5, 5.41) is 15.1. The van der Waals surface area contributed by atoms with E-state index in [0.29, 0.717) is 5.56 Å². The summed E-state index contributed by atoms with van der Waals surface area (Å²) >= 11 is 5.49. The average molecular weight is 508 g/mol. The quantitative estimate of drug-likeness (QED) is 0.271. The van der Waals surface area contributed by atoms with Crippen LogP contribution in [0, 0.1) is 10.1 Å². The van der Waals surface area contributed by atoms with Gasteiger partial charge in [-0.2, -0.15) is 0 Å². The number of piperazine rings is 1. The Morgan fingerprint density at radius 3 is 2.42 bits per heavy atom. The molecule has 0 spiro atoms. The Bertz CT molecular complexity index is 1180. The van der Waals surface area contributed by atoms with Crippen LogP contribution in [-0.2, 0) is 6.54 Å². The van der Waals surface area contributed by atoms with Crippen LogP contribution in [-0.4, -0.2) is 63.5 Å². The SMILES string of the molecule is CCCNC(=S)N1CCN(c2ccc(N(Cc3cnc[nH]3)C(=O)c3ccc([N+](=O)[O-])cc3)cc2)CC1. The lowest BCUT2D eigenvalue weighted by Crippen LogP contribution is -2.51. The fourth-order valence-corrected chi connectivity index (χ4v) is 4.34. The van der Waals surface area contributed by atoms with Crippen LogP contribution in [0.25, 0.3) is 0 Å². The number of aromatic nitrogens is 2. The molecule has 0 atom stereocenters. The Morgan fingerprint density at radius 2 is 1.83 bits per heavy atom. The zero-order valence-corrected chi connectivity index (χ0v) is 20.9. The molecule has 0 unspecified atom stereocenters. The van der Waals surface area contributed by atoms with E-state index in [1.165, 1.54) is 24.3 Å². The van der Waals surface area contributed by atoms with Gasteiger partial charge in [0.1, 0.15) is 0 Å². The van der Waals surface area contributed by atoms with Crippen LogP contribution in [0.2, 0.25) is 0 Å². The highest BCUT2D eigenvalue weighted by atomic mass is 32.1. The van der Waals surface area contributed by atoms with Crippen molar-refractivity contribution in [1.29, 1.82) is 0 Å². The van der Waals surface area contributed by atoms with Gasteiger partial charge in [0.15, 0.2) is 5.11 Å². The smallest absolute Gasteiger partial charge is 0.269 e. The van der Waals surface area contributed by atoms with Crippen molar-refractivity contribution < 1.29 is 9.72 Å². The number of H-pyrrole nitrogens is 1. The van der Waals surface area contributed by atoms with Crippen molar-refractivity contribution in [3.8, 4) is 0 Å². The molecule has 2 N–H and O–H groups in total. The minimum absolute atomic E-state index is 0.0574. The number of rotatable bonds is 8. The average Bonchev–Trinajstić information content (AvgIpc) is 3.44. The molecule has 2 heterocycles. The van der Waals surface area contributed by atoms with Crippen LogP contribution in [0.5, 0.6) is 0 Å². The summed E-state index contributed by atoms with van der Waals surface area (Å²) in [6.45, 7) is 6.69. The number of non-ortho nitro benzene ring substituents is 1. The number of carbonyl (C=O) groups is 1. The number of nitro benzene ring substituents is 1. The second kappa shape index (κ2) is 11.6. The van der Waals surface area contributed by atoms with Gasteiger partial charge in [-0.1, -0.05) is 6.92 Å². The summed E-state index contributed by atoms with van der Waals surface area (Å²) < 4.78 is 0. The molecule has 0 aliphatic carbocycles. The Morgan fingerprint density at radius 1 is 1.14 bits per heavy atom. The summed E-state index contributed by atoms with van der Waals surface area (Å²) in [7, 11) is 0. The van der Waals surface area contributed by atoms with Gasteiger partial charge in [0.05, 0.1) is 23.5 Å². The molecule has 10 nitrogen and oxygen atoms in total. The highest BCUT2D eigenvalue weighted by Crippen LogP contribution is 2.25. The highest BCUT2D eigenvalue weighted by Gasteiger charge is 2.22. The van der Waals surface area contributed by atoms with E-state index in [-0.39, 0.29) is 18.1 Å². The molecule has 1 amide bonds. The number of nitro groups is 1. The molecule has 0 radical (unpaired) electrons. The number of carbonyl (C=O) groups excluding carboxylic acids is 1. The molecular formula is C25H29N7O3S. The molecule has 1 aliphatic rings. The van der Waals surface area contributed by atoms with E-state index < -0.39 is 4.92 Å². The summed E-state index contributed by atoms with van der Waals surface area (Å²) in [6.07, 6.45) is 4.27. The molecular weight excluding hydrogens is 478 g/mol. The molecule has 2 aromatic carbocycles. The van der Waals surface area contributed by atoms with E-state index in [2.05, 4.69) is 32.0 Å². The van der Waals surface area contributed by atoms with Crippen LogP contribution < -0.4 is 15.1 Å². The molecule has 4 rings (SSSR count). The summed E-state index contributed by atoms with van der Waals surface area (Å²) in [5.74, 6) is -0.256. The number of nitrogens with zero attached hydrogens (tertiary/aromatic N) is 5. The largest absolute Gasteiger partial charge is 0.368 e. The van der Waals surface area contributed by atoms with Crippen molar-refractivity contribution in [2.24, 2.45) is 0 Å². The van der Waals surface area contributed by atoms with Gasteiger partial charge >= 0.3 is 0 Å². The number of amides is 1. The molecule has 0 bridgehead atoms. The minimum Gasteiger partial charge on any atom is -0.368 e. The topological polar surface area (TPSA) is 111 Å². The van der Waals surface area contributed by atoms with Gasteiger partial charge in [0.25, 0.3) is 11.6 Å². The number of hydrogen-bond donors (Lipinski definition) is 2. The van der Waals surface area contributed by atoms with Crippen molar-refractivity contribution in [2.45, 2.75) is 19.9 Å². The van der Waals surface area contributed by atoms with Crippen molar-refractivity contribution in [2.75, 3.05) is 42.5 Å². The van der Waals surface area contributed by atoms with Gasteiger partial charge in [-0.25, -0.2) is 4.98 Å². The Kier molecular flexibility index (Phi) is 8.11. The number of thiocarbonyl (C=S) groups is 1. The predicted molar refractivity (Wildman–Crippen MR) is 143 cm³/mol. The van der Waals surface area contributed by atoms with E-state index in [1.807, 2.05) is 24.3 Å². The molecule has 36 heavy (non-hydrogen) atoms. The lowest BCUT2D eigenvalue weighted by Gasteiger charge is -2.37. The zero-order chi connectivity index (χ0) is 25.5. The maximum Gasteiger partial charge on any atom is 0.269 e. The molecule has 1 aliphatic heterocycles. The first-order valence-corrected chi connectivity index (χ1v) is 12.3. The fourth-order valence-electron chi connectivity index (χ4n) is 4.06. The van der Waals surface area contributed by atoms with E-state index in [4.69, 9.17) is 12.2 Å². The van der Waals surface area contributed by atoms with Crippen molar-refractivity contribution in [3.05, 3.63) is 82.4 Å². The molecule has 188 valence electrons. The monoisotopic (exact) mass is 507 g/mol. The first-order chi connectivity index (χ1) is 17.5. The second-order valence-corrected chi connectivity index (χ2v) is 8.88. The lowest BCUT2D eigenvalue weighted by molar-refractivity contribution is -0.384. The summed E-state index contributed by atoms with van der Waals surface area (Å²) in [6, 6.07) is 13.5. The van der Waals surface area contributed by atoms with Crippen LogP contribution in [0.3, 0.4) is 0 Å². The lowest BCUT2D eigenvalue weighted by atomic mass is 10.1. The van der Waals surface area contributed by atoms with Crippen LogP contribution >= 0.6 is 12.2 Å². The molecule has 1 fully saturated rings. The third kappa shape index (κ3) is 5.98. The fraction of sp³-hybridized carbons (Fsp3) is 0.320. The third-order valence-corrected chi connectivity index (χ3v) is 6.48. The number of anilines is 2. The second-order valence-electron chi connectivity index (χ2n) is 8.49.